The van der Waals surface area contributed by atoms with Crippen molar-refractivity contribution < 1.29 is 9.47 Å². The van der Waals surface area contributed by atoms with Gasteiger partial charge in [0.25, 0.3) is 0 Å². The predicted octanol–water partition coefficient (Wildman–Crippen LogP) is 3.78. The molecule has 0 saturated carbocycles. The van der Waals surface area contributed by atoms with E-state index >= 15 is 0 Å². The maximum Gasteiger partial charge on any atom is 0.212 e. The van der Waals surface area contributed by atoms with Crippen molar-refractivity contribution in [1.82, 2.24) is 14.9 Å². The molecular formula is C19H20N4O2S. The maximum absolute atomic E-state index is 5.37. The van der Waals surface area contributed by atoms with Crippen LogP contribution in [0.1, 0.15) is 16.7 Å². The lowest BCUT2D eigenvalue weighted by molar-refractivity contribution is 0.402. The molecule has 0 bridgehead atoms. The van der Waals surface area contributed by atoms with Gasteiger partial charge in [-0.2, -0.15) is 9.78 Å². The first-order valence-electron chi connectivity index (χ1n) is 8.04. The highest BCUT2D eigenvalue weighted by Crippen LogP contribution is 2.23. The quantitative estimate of drug-likeness (QED) is 0.469. The number of hydrogen-bond acceptors (Lipinski definition) is 6. The minimum absolute atomic E-state index is 0.719. The normalized spacial score (nSPS) is 11.0. The zero-order chi connectivity index (χ0) is 18.4. The fourth-order valence-corrected chi connectivity index (χ4v) is 3.11. The van der Waals surface area contributed by atoms with Gasteiger partial charge in [-0.25, -0.2) is 0 Å². The summed E-state index contributed by atoms with van der Waals surface area (Å²) in [5.41, 5.74) is 3.29. The van der Waals surface area contributed by atoms with Crippen molar-refractivity contribution in [2.45, 2.75) is 17.8 Å². The summed E-state index contributed by atoms with van der Waals surface area (Å²) in [6, 6.07) is 14.0. The van der Waals surface area contributed by atoms with Gasteiger partial charge in [0, 0.05) is 11.3 Å². The van der Waals surface area contributed by atoms with Crippen LogP contribution >= 0.6 is 11.8 Å². The van der Waals surface area contributed by atoms with E-state index < -0.39 is 0 Å². The topological polar surface area (TPSA) is 61.5 Å². The van der Waals surface area contributed by atoms with E-state index in [1.807, 2.05) is 18.2 Å². The Hall–Kier alpha value is -2.80. The molecule has 7 heteroatoms. The Morgan fingerprint density at radius 3 is 2.65 bits per heavy atom. The van der Waals surface area contributed by atoms with Gasteiger partial charge in [-0.15, -0.1) is 10.2 Å². The molecule has 3 aromatic rings. The maximum atomic E-state index is 5.37. The number of aromatic nitrogens is 3. The van der Waals surface area contributed by atoms with Gasteiger partial charge in [-0.3, -0.25) is 0 Å². The minimum atomic E-state index is 0.719. The highest BCUT2D eigenvalue weighted by Gasteiger charge is 2.06. The second-order valence-corrected chi connectivity index (χ2v) is 6.53. The van der Waals surface area contributed by atoms with E-state index in [0.29, 0.717) is 0 Å². The molecule has 6 nitrogen and oxygen atoms in total. The Morgan fingerprint density at radius 2 is 1.92 bits per heavy atom. The van der Waals surface area contributed by atoms with Gasteiger partial charge in [0.15, 0.2) is 0 Å². The SMILES string of the molecule is COc1ccc(OC)c(C=Nn2cnnc2SCc2ccc(C)cc2)c1. The van der Waals surface area contributed by atoms with Crippen molar-refractivity contribution in [3.05, 3.63) is 65.5 Å². The summed E-state index contributed by atoms with van der Waals surface area (Å²) in [5.74, 6) is 2.26. The molecule has 134 valence electrons. The lowest BCUT2D eigenvalue weighted by atomic mass is 10.2. The number of rotatable bonds is 7. The molecule has 0 amide bonds. The van der Waals surface area contributed by atoms with Gasteiger partial charge >= 0.3 is 0 Å². The van der Waals surface area contributed by atoms with E-state index in [9.17, 15) is 0 Å². The van der Waals surface area contributed by atoms with Gasteiger partial charge in [0.05, 0.1) is 20.4 Å². The van der Waals surface area contributed by atoms with E-state index in [1.165, 1.54) is 11.1 Å². The van der Waals surface area contributed by atoms with Crippen LogP contribution in [-0.4, -0.2) is 35.3 Å². The van der Waals surface area contributed by atoms with Gasteiger partial charge in [0.1, 0.15) is 17.8 Å². The molecule has 1 heterocycles. The minimum Gasteiger partial charge on any atom is -0.497 e. The van der Waals surface area contributed by atoms with Crippen LogP contribution in [0.4, 0.5) is 0 Å². The molecular weight excluding hydrogens is 348 g/mol. The molecule has 0 aliphatic heterocycles. The second-order valence-electron chi connectivity index (χ2n) is 5.58. The molecule has 0 aliphatic rings. The smallest absolute Gasteiger partial charge is 0.212 e. The number of nitrogens with zero attached hydrogens (tertiary/aromatic N) is 4. The first-order chi connectivity index (χ1) is 12.7. The van der Waals surface area contributed by atoms with Crippen LogP contribution in [0.25, 0.3) is 0 Å². The van der Waals surface area contributed by atoms with Crippen LogP contribution in [-0.2, 0) is 5.75 Å². The standard InChI is InChI=1S/C19H20N4O2S/c1-14-4-6-15(7-5-14)12-26-19-22-20-13-23(19)21-11-16-10-17(24-2)8-9-18(16)25-3/h4-11,13H,12H2,1-3H3. The largest absolute Gasteiger partial charge is 0.497 e. The Kier molecular flexibility index (Phi) is 5.91. The monoisotopic (exact) mass is 368 g/mol. The van der Waals surface area contributed by atoms with Gasteiger partial charge in [-0.05, 0) is 30.7 Å². The van der Waals surface area contributed by atoms with E-state index in [4.69, 9.17) is 9.47 Å². The highest BCUT2D eigenvalue weighted by molar-refractivity contribution is 7.98. The molecule has 0 unspecified atom stereocenters. The van der Waals surface area contributed by atoms with Crippen molar-refractivity contribution >= 4 is 18.0 Å². The Balaban J connectivity index is 1.74. The van der Waals surface area contributed by atoms with E-state index in [0.717, 1.165) is 28.0 Å². The Bertz CT molecular complexity index is 891. The molecule has 0 spiro atoms. The van der Waals surface area contributed by atoms with Crippen LogP contribution in [0.2, 0.25) is 0 Å². The predicted molar refractivity (Wildman–Crippen MR) is 103 cm³/mol. The highest BCUT2D eigenvalue weighted by atomic mass is 32.2. The molecule has 1 aromatic heterocycles. The summed E-state index contributed by atoms with van der Waals surface area (Å²) in [7, 11) is 3.25. The lowest BCUT2D eigenvalue weighted by Crippen LogP contribution is -1.96. The summed E-state index contributed by atoms with van der Waals surface area (Å²) < 4.78 is 12.3. The van der Waals surface area contributed by atoms with Crippen LogP contribution in [0.5, 0.6) is 11.5 Å². The fourth-order valence-electron chi connectivity index (χ4n) is 2.29. The molecule has 0 aliphatic carbocycles. The molecule has 0 atom stereocenters. The number of benzene rings is 2. The molecule has 2 aromatic carbocycles. The summed E-state index contributed by atoms with van der Waals surface area (Å²) in [4.78, 5) is 0. The third-order valence-electron chi connectivity index (χ3n) is 3.75. The van der Waals surface area contributed by atoms with Crippen LogP contribution in [0.15, 0.2) is 59.0 Å². The summed E-state index contributed by atoms with van der Waals surface area (Å²) >= 11 is 1.59. The molecule has 0 fully saturated rings. The lowest BCUT2D eigenvalue weighted by Gasteiger charge is -2.07. The van der Waals surface area contributed by atoms with Gasteiger partial charge in [-0.1, -0.05) is 41.6 Å². The third-order valence-corrected chi connectivity index (χ3v) is 4.75. The van der Waals surface area contributed by atoms with E-state index in [2.05, 4.69) is 46.5 Å². The van der Waals surface area contributed by atoms with Crippen LogP contribution in [0, 0.1) is 6.92 Å². The molecule has 26 heavy (non-hydrogen) atoms. The van der Waals surface area contributed by atoms with Crippen molar-refractivity contribution in [3.8, 4) is 11.5 Å². The number of ether oxygens (including phenoxy) is 2. The number of hydrogen-bond donors (Lipinski definition) is 0. The summed E-state index contributed by atoms with van der Waals surface area (Å²) in [6.07, 6.45) is 3.29. The average Bonchev–Trinajstić information content (AvgIpc) is 3.13. The van der Waals surface area contributed by atoms with Crippen molar-refractivity contribution in [2.75, 3.05) is 14.2 Å². The van der Waals surface area contributed by atoms with Crippen molar-refractivity contribution in [1.29, 1.82) is 0 Å². The number of aryl methyl sites for hydroxylation is 1. The second kappa shape index (κ2) is 8.53. The van der Waals surface area contributed by atoms with Gasteiger partial charge in [0.2, 0.25) is 5.16 Å². The Morgan fingerprint density at radius 1 is 1.12 bits per heavy atom. The zero-order valence-electron chi connectivity index (χ0n) is 14.9. The number of methoxy groups -OCH3 is 2. The van der Waals surface area contributed by atoms with Crippen LogP contribution < -0.4 is 9.47 Å². The molecule has 0 saturated heterocycles. The number of thioether (sulfide) groups is 1. The van der Waals surface area contributed by atoms with Gasteiger partial charge < -0.3 is 9.47 Å². The summed E-state index contributed by atoms with van der Waals surface area (Å²) in [6.45, 7) is 2.08. The average molecular weight is 368 g/mol. The molecule has 0 radical (unpaired) electrons. The zero-order valence-corrected chi connectivity index (χ0v) is 15.7. The molecule has 3 rings (SSSR count). The summed E-state index contributed by atoms with van der Waals surface area (Å²) in [5, 5.41) is 13.3. The Labute approximate surface area is 156 Å². The first-order valence-corrected chi connectivity index (χ1v) is 9.03. The van der Waals surface area contributed by atoms with Crippen molar-refractivity contribution in [2.24, 2.45) is 5.10 Å². The van der Waals surface area contributed by atoms with E-state index in [1.54, 1.807) is 43.2 Å². The van der Waals surface area contributed by atoms with Crippen molar-refractivity contribution in [3.63, 3.8) is 0 Å². The third kappa shape index (κ3) is 4.43. The van der Waals surface area contributed by atoms with E-state index in [-0.39, 0.29) is 0 Å². The fraction of sp³-hybridized carbons (Fsp3) is 0.211. The molecule has 0 N–H and O–H groups in total. The first kappa shape index (κ1) is 18.0. The van der Waals surface area contributed by atoms with Crippen LogP contribution in [0.3, 0.4) is 0 Å².